The van der Waals surface area contributed by atoms with Gasteiger partial charge in [0.25, 0.3) is 0 Å². The lowest BCUT2D eigenvalue weighted by Gasteiger charge is -2.25. The number of amides is 2. The lowest BCUT2D eigenvalue weighted by Crippen LogP contribution is -2.33. The normalized spacial score (nSPS) is 17.2. The average molecular weight is 446 g/mol. The van der Waals surface area contributed by atoms with Gasteiger partial charge in [-0.15, -0.1) is 11.3 Å². The highest BCUT2D eigenvalue weighted by Gasteiger charge is 2.28. The van der Waals surface area contributed by atoms with Crippen LogP contribution >= 0.6 is 11.3 Å². The summed E-state index contributed by atoms with van der Waals surface area (Å²) in [5.41, 5.74) is 4.26. The van der Waals surface area contributed by atoms with Crippen molar-refractivity contribution in [1.29, 1.82) is 0 Å². The zero-order valence-electron chi connectivity index (χ0n) is 18.0. The first-order valence-corrected chi connectivity index (χ1v) is 12.2. The summed E-state index contributed by atoms with van der Waals surface area (Å²) in [5.74, 6) is -0.139. The van der Waals surface area contributed by atoms with Gasteiger partial charge in [-0.05, 0) is 55.7 Å². The second kappa shape index (κ2) is 9.25. The Bertz CT molecular complexity index is 1100. The molecule has 3 aromatic rings. The molecule has 0 unspecified atom stereocenters. The minimum atomic E-state index is -0.183. The molecule has 5 nitrogen and oxygen atoms in total. The molecule has 0 bridgehead atoms. The van der Waals surface area contributed by atoms with Crippen molar-refractivity contribution in [3.8, 4) is 0 Å². The van der Waals surface area contributed by atoms with E-state index in [4.69, 9.17) is 4.98 Å². The first-order chi connectivity index (χ1) is 15.7. The first-order valence-electron chi connectivity index (χ1n) is 11.4. The van der Waals surface area contributed by atoms with Gasteiger partial charge in [-0.2, -0.15) is 0 Å². The molecule has 6 heteroatoms. The molecule has 1 aromatic heterocycles. The predicted molar refractivity (Wildman–Crippen MR) is 128 cm³/mol. The van der Waals surface area contributed by atoms with E-state index in [0.29, 0.717) is 25.8 Å². The first kappa shape index (κ1) is 20.9. The Kier molecular flexibility index (Phi) is 6.04. The van der Waals surface area contributed by atoms with Crippen molar-refractivity contribution in [3.05, 3.63) is 76.3 Å². The molecule has 0 radical (unpaired) electrons. The van der Waals surface area contributed by atoms with Gasteiger partial charge in [-0.1, -0.05) is 48.5 Å². The quantitative estimate of drug-likeness (QED) is 0.571. The van der Waals surface area contributed by atoms with E-state index in [9.17, 15) is 9.59 Å². The molecule has 1 aliphatic carbocycles. The van der Waals surface area contributed by atoms with Crippen LogP contribution in [-0.4, -0.2) is 16.8 Å². The number of fused-ring (bicyclic) bond motifs is 2. The molecule has 0 saturated carbocycles. The van der Waals surface area contributed by atoms with Crippen LogP contribution in [0.25, 0.3) is 0 Å². The Morgan fingerprint density at radius 3 is 2.69 bits per heavy atom. The minimum absolute atomic E-state index is 0.0100. The smallest absolute Gasteiger partial charge is 0.229 e. The second-order valence-electron chi connectivity index (χ2n) is 8.63. The number of hydrogen-bond acceptors (Lipinski definition) is 4. The Labute approximate surface area is 192 Å². The van der Waals surface area contributed by atoms with E-state index >= 15 is 0 Å². The highest BCUT2D eigenvalue weighted by Crippen LogP contribution is 2.34. The second-order valence-corrected chi connectivity index (χ2v) is 9.69. The van der Waals surface area contributed by atoms with Crippen LogP contribution in [0.4, 0.5) is 10.8 Å². The van der Waals surface area contributed by atoms with E-state index in [1.165, 1.54) is 17.7 Å². The average Bonchev–Trinajstić information content (AvgIpc) is 3.25. The van der Waals surface area contributed by atoms with Gasteiger partial charge in [-0.3, -0.25) is 14.5 Å². The van der Waals surface area contributed by atoms with Crippen LogP contribution in [0.1, 0.15) is 47.4 Å². The van der Waals surface area contributed by atoms with Gasteiger partial charge >= 0.3 is 0 Å². The van der Waals surface area contributed by atoms with E-state index in [-0.39, 0.29) is 17.7 Å². The number of nitrogens with zero attached hydrogens (tertiary/aromatic N) is 2. The number of carbonyl (C=O) groups excluding carboxylic acids is 2. The highest BCUT2D eigenvalue weighted by atomic mass is 32.1. The van der Waals surface area contributed by atoms with Gasteiger partial charge < -0.3 is 5.32 Å². The topological polar surface area (TPSA) is 62.3 Å². The van der Waals surface area contributed by atoms with Crippen LogP contribution < -0.4 is 10.2 Å². The number of benzene rings is 2. The number of anilines is 2. The molecule has 0 saturated heterocycles. The van der Waals surface area contributed by atoms with Crippen molar-refractivity contribution in [3.63, 3.8) is 0 Å². The van der Waals surface area contributed by atoms with Crippen LogP contribution in [0.3, 0.4) is 0 Å². The lowest BCUT2D eigenvalue weighted by atomic mass is 9.89. The van der Waals surface area contributed by atoms with Gasteiger partial charge in [0.1, 0.15) is 0 Å². The maximum absolute atomic E-state index is 13.4. The zero-order valence-corrected chi connectivity index (χ0v) is 18.9. The molecule has 2 aliphatic rings. The summed E-state index contributed by atoms with van der Waals surface area (Å²) in [6.07, 6.45) is 5.97. The Morgan fingerprint density at radius 2 is 1.84 bits per heavy atom. The Balaban J connectivity index is 1.32. The number of rotatable bonds is 6. The molecule has 0 fully saturated rings. The summed E-state index contributed by atoms with van der Waals surface area (Å²) in [6.45, 7) is 0.506. The number of thiazole rings is 1. The van der Waals surface area contributed by atoms with Crippen molar-refractivity contribution < 1.29 is 9.59 Å². The van der Waals surface area contributed by atoms with Crippen molar-refractivity contribution in [2.24, 2.45) is 5.92 Å². The fourth-order valence-corrected chi connectivity index (χ4v) is 5.73. The standard InChI is InChI=1S/C26H27N3O2S/c30-24(15-14-20-16-19-10-4-5-11-21(19)27-25(20)31)29(17-18-8-2-1-3-9-18)26-28-22-12-6-7-13-23(22)32-26/h1-5,8-11,20H,6-7,12-17H2,(H,27,31)/t20-/m1/s1. The third-order valence-corrected chi connectivity index (χ3v) is 7.55. The molecule has 32 heavy (non-hydrogen) atoms. The van der Waals surface area contributed by atoms with Crippen LogP contribution in [-0.2, 0) is 35.4 Å². The molecule has 1 atom stereocenters. The zero-order chi connectivity index (χ0) is 21.9. The van der Waals surface area contributed by atoms with Gasteiger partial charge in [0.2, 0.25) is 11.8 Å². The Morgan fingerprint density at radius 1 is 1.06 bits per heavy atom. The van der Waals surface area contributed by atoms with Crippen molar-refractivity contribution in [1.82, 2.24) is 4.98 Å². The number of nitrogens with one attached hydrogen (secondary N) is 1. The molecule has 2 aromatic carbocycles. The van der Waals surface area contributed by atoms with Crippen LogP contribution in [0.2, 0.25) is 0 Å². The van der Waals surface area contributed by atoms with Gasteiger partial charge in [0, 0.05) is 22.9 Å². The van der Waals surface area contributed by atoms with E-state index in [1.807, 2.05) is 59.5 Å². The largest absolute Gasteiger partial charge is 0.326 e. The SMILES string of the molecule is O=C1Nc2ccccc2C[C@H]1CCC(=O)N(Cc1ccccc1)c1nc2c(s1)CCCC2. The number of carbonyl (C=O) groups is 2. The number of aryl methyl sites for hydroxylation is 2. The van der Waals surface area contributed by atoms with Crippen LogP contribution in [0.5, 0.6) is 0 Å². The van der Waals surface area contributed by atoms with E-state index in [1.54, 1.807) is 11.3 Å². The van der Waals surface area contributed by atoms with E-state index in [2.05, 4.69) is 5.32 Å². The molecule has 5 rings (SSSR count). The van der Waals surface area contributed by atoms with Crippen LogP contribution in [0, 0.1) is 5.92 Å². The molecule has 164 valence electrons. The molecule has 2 amide bonds. The number of hydrogen-bond donors (Lipinski definition) is 1. The van der Waals surface area contributed by atoms with Crippen molar-refractivity contribution in [2.75, 3.05) is 10.2 Å². The fourth-order valence-electron chi connectivity index (χ4n) is 4.56. The molecular formula is C26H27N3O2S. The summed E-state index contributed by atoms with van der Waals surface area (Å²) in [5, 5.41) is 3.79. The van der Waals surface area contributed by atoms with E-state index in [0.717, 1.165) is 40.5 Å². The fraction of sp³-hybridized carbons (Fsp3) is 0.346. The highest BCUT2D eigenvalue weighted by molar-refractivity contribution is 7.15. The third-order valence-electron chi connectivity index (χ3n) is 6.37. The van der Waals surface area contributed by atoms with Gasteiger partial charge in [0.05, 0.1) is 12.2 Å². The minimum Gasteiger partial charge on any atom is -0.326 e. The maximum Gasteiger partial charge on any atom is 0.229 e. The summed E-state index contributed by atoms with van der Waals surface area (Å²) >= 11 is 1.66. The predicted octanol–water partition coefficient (Wildman–Crippen LogP) is 5.15. The van der Waals surface area contributed by atoms with Crippen molar-refractivity contribution >= 4 is 34.0 Å². The summed E-state index contributed by atoms with van der Waals surface area (Å²) in [6, 6.07) is 18.0. The molecule has 1 N–H and O–H groups in total. The number of para-hydroxylation sites is 1. The molecule has 2 heterocycles. The monoisotopic (exact) mass is 445 g/mol. The van der Waals surface area contributed by atoms with Crippen molar-refractivity contribution in [2.45, 2.75) is 51.5 Å². The molecular weight excluding hydrogens is 418 g/mol. The van der Waals surface area contributed by atoms with E-state index < -0.39 is 0 Å². The molecule has 1 aliphatic heterocycles. The molecule has 0 spiro atoms. The lowest BCUT2D eigenvalue weighted by molar-refractivity contribution is -0.121. The summed E-state index contributed by atoms with van der Waals surface area (Å²) in [4.78, 5) is 34.0. The maximum atomic E-state index is 13.4. The van der Waals surface area contributed by atoms with Gasteiger partial charge in [-0.25, -0.2) is 4.98 Å². The van der Waals surface area contributed by atoms with Crippen LogP contribution in [0.15, 0.2) is 54.6 Å². The summed E-state index contributed by atoms with van der Waals surface area (Å²) < 4.78 is 0. The third kappa shape index (κ3) is 4.46. The number of aromatic nitrogens is 1. The van der Waals surface area contributed by atoms with Gasteiger partial charge in [0.15, 0.2) is 5.13 Å². The Hall–Kier alpha value is -2.99. The summed E-state index contributed by atoms with van der Waals surface area (Å²) in [7, 11) is 0.